The van der Waals surface area contributed by atoms with Crippen molar-refractivity contribution in [3.05, 3.63) is 65.0 Å². The fraction of sp³-hybridized carbons (Fsp3) is 0.559. The van der Waals surface area contributed by atoms with Crippen molar-refractivity contribution in [1.29, 1.82) is 0 Å². The Bertz CT molecular complexity index is 1450. The molecule has 3 aliphatic heterocycles. The average molecular weight is 686 g/mol. The van der Waals surface area contributed by atoms with Crippen LogP contribution in [0.15, 0.2) is 36.0 Å². The van der Waals surface area contributed by atoms with E-state index in [1.54, 1.807) is 6.92 Å². The monoisotopic (exact) mass is 685 g/mol. The van der Waals surface area contributed by atoms with Gasteiger partial charge in [0.1, 0.15) is 6.10 Å². The van der Waals surface area contributed by atoms with Crippen LogP contribution in [0.2, 0.25) is 0 Å². The van der Waals surface area contributed by atoms with Crippen LogP contribution in [0.4, 0.5) is 22.0 Å². The van der Waals surface area contributed by atoms with Crippen LogP contribution in [0.3, 0.4) is 0 Å². The van der Waals surface area contributed by atoms with Crippen molar-refractivity contribution in [1.82, 2.24) is 5.32 Å². The molecule has 3 heterocycles. The highest BCUT2D eigenvalue weighted by Gasteiger charge is 2.51. The summed E-state index contributed by atoms with van der Waals surface area (Å²) in [5, 5.41) is 2.95. The Kier molecular flexibility index (Phi) is 12.2. The Labute approximate surface area is 275 Å². The summed E-state index contributed by atoms with van der Waals surface area (Å²) >= 11 is 0. The van der Waals surface area contributed by atoms with Crippen molar-refractivity contribution < 1.29 is 60.0 Å². The summed E-state index contributed by atoms with van der Waals surface area (Å²) in [6, 6.07) is -0.191. The Balaban J connectivity index is 1.28. The van der Waals surface area contributed by atoms with E-state index >= 15 is 0 Å². The van der Waals surface area contributed by atoms with E-state index in [9.17, 15) is 36.3 Å². The zero-order valence-corrected chi connectivity index (χ0v) is 27.3. The molecule has 0 aliphatic carbocycles. The van der Waals surface area contributed by atoms with E-state index in [2.05, 4.69) is 17.0 Å². The highest BCUT2D eigenvalue weighted by atomic mass is 19.2. The molecule has 3 saturated heterocycles. The lowest BCUT2D eigenvalue weighted by Gasteiger charge is -2.39. The molecular weight excluding hydrogens is 645 g/mol. The number of esters is 2. The molecule has 1 aromatic carbocycles. The molecule has 1 spiro atoms. The van der Waals surface area contributed by atoms with Crippen LogP contribution < -0.4 is 10.1 Å². The lowest BCUT2D eigenvalue weighted by molar-refractivity contribution is -0.143. The predicted molar refractivity (Wildman–Crippen MR) is 161 cm³/mol. The smallest absolute Gasteiger partial charge is 0.314 e. The predicted octanol–water partition coefficient (Wildman–Crippen LogP) is 5.69. The summed E-state index contributed by atoms with van der Waals surface area (Å²) in [7, 11) is 0. The number of allylic oxidation sites excluding steroid dienone is 2. The molecule has 0 bridgehead atoms. The second-order valence-electron chi connectivity index (χ2n) is 12.7. The number of nitrogens with one attached hydrogen (secondary N) is 1. The zero-order chi connectivity index (χ0) is 35.3. The summed E-state index contributed by atoms with van der Waals surface area (Å²) in [6.45, 7) is 9.25. The number of carbonyl (C=O) groups excluding carboxylic acids is 3. The molecule has 0 radical (unpaired) electrons. The molecule has 264 valence electrons. The van der Waals surface area contributed by atoms with Gasteiger partial charge in [0.15, 0.2) is 0 Å². The van der Waals surface area contributed by atoms with Crippen molar-refractivity contribution in [3.63, 3.8) is 0 Å². The maximum Gasteiger partial charge on any atom is 0.314 e. The highest BCUT2D eigenvalue weighted by Crippen LogP contribution is 2.43. The van der Waals surface area contributed by atoms with E-state index in [-0.39, 0.29) is 30.1 Å². The van der Waals surface area contributed by atoms with Crippen molar-refractivity contribution in [2.75, 3.05) is 6.61 Å². The summed E-state index contributed by atoms with van der Waals surface area (Å²) in [5.41, 5.74) is 0.382. The number of ether oxygens (including phenoxy) is 5. The van der Waals surface area contributed by atoms with E-state index in [1.165, 1.54) is 19.1 Å². The summed E-state index contributed by atoms with van der Waals surface area (Å²) < 4.78 is 95.6. The summed E-state index contributed by atoms with van der Waals surface area (Å²) in [6.07, 6.45) is 8.07. The fourth-order valence-corrected chi connectivity index (χ4v) is 5.89. The van der Waals surface area contributed by atoms with Crippen LogP contribution in [-0.2, 0) is 33.3 Å². The van der Waals surface area contributed by atoms with Gasteiger partial charge in [-0.05, 0) is 45.6 Å². The SMILES string of the molecule is CC(=O)O[C@@H](C)/C=C\C(=O)N[C@@H]1C[C@H](C)[C@H](C/C=C(C)/C=C/[C@@H]2C[C@]3(CO3)C[C@@H](CC(=O)Oc3c(F)c(F)c(F)c(F)c3F)O2)O[C@@H]1C. The van der Waals surface area contributed by atoms with Gasteiger partial charge >= 0.3 is 11.9 Å². The van der Waals surface area contributed by atoms with Gasteiger partial charge in [0.2, 0.25) is 40.7 Å². The zero-order valence-electron chi connectivity index (χ0n) is 27.3. The first-order chi connectivity index (χ1) is 22.6. The third-order valence-corrected chi connectivity index (χ3v) is 8.53. The Hall–Kier alpha value is -3.62. The third-order valence-electron chi connectivity index (χ3n) is 8.53. The molecule has 48 heavy (non-hydrogen) atoms. The molecule has 0 unspecified atom stereocenters. The molecule has 8 atom stereocenters. The largest absolute Gasteiger partial charge is 0.459 e. The maximum atomic E-state index is 14.0. The number of carbonyl (C=O) groups is 3. The molecule has 14 heteroatoms. The molecule has 1 amide bonds. The van der Waals surface area contributed by atoms with Gasteiger partial charge in [-0.2, -0.15) is 8.78 Å². The summed E-state index contributed by atoms with van der Waals surface area (Å²) in [5.74, 6) is -14.7. The van der Waals surface area contributed by atoms with Gasteiger partial charge in [0.25, 0.3) is 0 Å². The van der Waals surface area contributed by atoms with Crippen molar-refractivity contribution in [3.8, 4) is 5.75 Å². The van der Waals surface area contributed by atoms with Gasteiger partial charge in [-0.3, -0.25) is 14.4 Å². The third kappa shape index (κ3) is 9.73. The highest BCUT2D eigenvalue weighted by molar-refractivity contribution is 5.87. The van der Waals surface area contributed by atoms with Gasteiger partial charge in [0, 0.05) is 25.8 Å². The van der Waals surface area contributed by atoms with Crippen LogP contribution in [0.1, 0.15) is 66.7 Å². The molecule has 1 aromatic rings. The molecule has 3 fully saturated rings. The number of halogens is 5. The minimum Gasteiger partial charge on any atom is -0.459 e. The fourth-order valence-electron chi connectivity index (χ4n) is 5.89. The normalized spacial score (nSPS) is 29.7. The topological polar surface area (TPSA) is 113 Å². The van der Waals surface area contributed by atoms with Gasteiger partial charge < -0.3 is 29.0 Å². The Morgan fingerprint density at radius 2 is 1.62 bits per heavy atom. The van der Waals surface area contributed by atoms with E-state index < -0.39 is 77.1 Å². The minimum absolute atomic E-state index is 0.0850. The van der Waals surface area contributed by atoms with E-state index in [4.69, 9.17) is 18.9 Å². The van der Waals surface area contributed by atoms with Gasteiger partial charge in [-0.25, -0.2) is 13.2 Å². The maximum absolute atomic E-state index is 14.0. The van der Waals surface area contributed by atoms with Crippen LogP contribution in [0.25, 0.3) is 0 Å². The minimum atomic E-state index is -2.35. The molecule has 0 aromatic heterocycles. The quantitative estimate of drug-likeness (QED) is 0.0462. The first-order valence-corrected chi connectivity index (χ1v) is 15.7. The first kappa shape index (κ1) is 37.2. The van der Waals surface area contributed by atoms with Crippen molar-refractivity contribution in [2.24, 2.45) is 5.92 Å². The molecule has 3 aliphatic rings. The lowest BCUT2D eigenvalue weighted by Crippen LogP contribution is -2.50. The van der Waals surface area contributed by atoms with Crippen molar-refractivity contribution in [2.45, 2.75) is 109 Å². The van der Waals surface area contributed by atoms with Gasteiger partial charge in [-0.1, -0.05) is 30.7 Å². The van der Waals surface area contributed by atoms with Crippen LogP contribution in [0.5, 0.6) is 5.75 Å². The molecular formula is C34H40F5NO8. The van der Waals surface area contributed by atoms with Gasteiger partial charge in [-0.15, -0.1) is 0 Å². The molecule has 9 nitrogen and oxygen atoms in total. The second kappa shape index (κ2) is 15.7. The van der Waals surface area contributed by atoms with E-state index in [0.29, 0.717) is 32.3 Å². The van der Waals surface area contributed by atoms with Crippen LogP contribution in [-0.4, -0.2) is 66.6 Å². The number of hydrogen-bond donors (Lipinski definition) is 1. The number of hydrogen-bond acceptors (Lipinski definition) is 8. The lowest BCUT2D eigenvalue weighted by atomic mass is 9.88. The second-order valence-corrected chi connectivity index (χ2v) is 12.7. The first-order valence-electron chi connectivity index (χ1n) is 15.7. The number of rotatable bonds is 11. The van der Waals surface area contributed by atoms with Crippen LogP contribution in [0, 0.1) is 35.0 Å². The Morgan fingerprint density at radius 1 is 0.979 bits per heavy atom. The van der Waals surface area contributed by atoms with Crippen LogP contribution >= 0.6 is 0 Å². The molecule has 4 rings (SSSR count). The number of amides is 1. The molecule has 1 N–H and O–H groups in total. The van der Waals surface area contributed by atoms with E-state index in [0.717, 1.165) is 5.57 Å². The van der Waals surface area contributed by atoms with Crippen molar-refractivity contribution >= 4 is 17.8 Å². The standard InChI is InChI=1S/C34H40F5NO8/c1-17(7-10-25-18(2)12-24(20(4)46-25)40-26(42)11-8-19(3)45-21(5)41)6-9-22-14-34(16-44-34)15-23(47-22)13-27(43)48-33-31(38)29(36)28(35)30(37)32(33)39/h6-9,11,18-20,22-25H,10,12-16H2,1-5H3,(H,40,42)/b9-6+,11-8-,17-7+/t18-,19-,20+,22+,23+,24+,25-,34+/m0/s1. The number of epoxide rings is 1. The Morgan fingerprint density at radius 3 is 2.25 bits per heavy atom. The van der Waals surface area contributed by atoms with E-state index in [1.807, 2.05) is 32.1 Å². The molecule has 0 saturated carbocycles. The average Bonchev–Trinajstić information content (AvgIpc) is 3.76. The summed E-state index contributed by atoms with van der Waals surface area (Å²) in [4.78, 5) is 35.9. The number of benzene rings is 1. The van der Waals surface area contributed by atoms with Gasteiger partial charge in [0.05, 0.1) is 49.1 Å².